The highest BCUT2D eigenvalue weighted by molar-refractivity contribution is 6.21. The number of carbonyl (C=O) groups excluding carboxylic acids is 3. The second kappa shape index (κ2) is 7.95. The van der Waals surface area contributed by atoms with Crippen LogP contribution in [0.1, 0.15) is 27.1 Å². The Morgan fingerprint density at radius 1 is 0.897 bits per heavy atom. The van der Waals surface area contributed by atoms with Crippen molar-refractivity contribution in [3.63, 3.8) is 0 Å². The van der Waals surface area contributed by atoms with E-state index in [1.807, 2.05) is 24.3 Å². The zero-order chi connectivity index (χ0) is 20.4. The lowest BCUT2D eigenvalue weighted by Gasteiger charge is -2.36. The molecule has 29 heavy (non-hydrogen) atoms. The number of ether oxygens (including phenoxy) is 1. The molecule has 1 saturated heterocycles. The van der Waals surface area contributed by atoms with Crippen LogP contribution < -0.4 is 9.64 Å². The Morgan fingerprint density at radius 3 is 2.03 bits per heavy atom. The average molecular weight is 393 g/mol. The molecule has 0 spiro atoms. The van der Waals surface area contributed by atoms with Crippen LogP contribution in [0.15, 0.2) is 48.5 Å². The normalized spacial score (nSPS) is 16.2. The minimum Gasteiger partial charge on any atom is -0.497 e. The Bertz CT molecular complexity index is 898. The number of imide groups is 1. The van der Waals surface area contributed by atoms with Gasteiger partial charge in [-0.25, -0.2) is 0 Å². The minimum atomic E-state index is -0.317. The summed E-state index contributed by atoms with van der Waals surface area (Å²) in [6, 6.07) is 14.6. The molecule has 0 atom stereocenters. The van der Waals surface area contributed by atoms with Crippen molar-refractivity contribution < 1.29 is 19.1 Å². The predicted octanol–water partition coefficient (Wildman–Crippen LogP) is 2.03. The Hall–Kier alpha value is -3.35. The number of anilines is 1. The van der Waals surface area contributed by atoms with Crippen LogP contribution >= 0.6 is 0 Å². The fourth-order valence-corrected chi connectivity index (χ4v) is 3.81. The molecule has 1 fully saturated rings. The molecule has 7 nitrogen and oxygen atoms in total. The van der Waals surface area contributed by atoms with Crippen LogP contribution in [0.3, 0.4) is 0 Å². The monoisotopic (exact) mass is 393 g/mol. The molecule has 2 aliphatic heterocycles. The third-order valence-electron chi connectivity index (χ3n) is 5.50. The van der Waals surface area contributed by atoms with E-state index in [1.54, 1.807) is 36.3 Å². The molecule has 0 aliphatic carbocycles. The first kappa shape index (κ1) is 19.0. The molecule has 2 aromatic rings. The van der Waals surface area contributed by atoms with Gasteiger partial charge in [0.2, 0.25) is 5.91 Å². The van der Waals surface area contributed by atoms with Gasteiger partial charge in [-0.2, -0.15) is 0 Å². The number of piperazine rings is 1. The van der Waals surface area contributed by atoms with Crippen molar-refractivity contribution in [1.82, 2.24) is 9.80 Å². The summed E-state index contributed by atoms with van der Waals surface area (Å²) >= 11 is 0. The van der Waals surface area contributed by atoms with E-state index in [2.05, 4.69) is 4.90 Å². The SMILES string of the molecule is COc1ccc(N2CCN(C(=O)CCN3C(=O)c4ccccc4C3=O)CC2)cc1. The number of benzene rings is 2. The standard InChI is InChI=1S/C22H23N3O4/c1-29-17-8-6-16(7-9-17)23-12-14-24(15-13-23)20(26)10-11-25-21(27)18-4-2-3-5-19(18)22(25)28/h2-9H,10-15H2,1H3. The first-order chi connectivity index (χ1) is 14.1. The minimum absolute atomic E-state index is 0.0315. The smallest absolute Gasteiger partial charge is 0.261 e. The third-order valence-corrected chi connectivity index (χ3v) is 5.50. The van der Waals surface area contributed by atoms with E-state index in [-0.39, 0.29) is 30.7 Å². The fraction of sp³-hybridized carbons (Fsp3) is 0.318. The van der Waals surface area contributed by atoms with Crippen LogP contribution in [-0.4, -0.2) is 67.4 Å². The van der Waals surface area contributed by atoms with Crippen molar-refractivity contribution >= 4 is 23.4 Å². The maximum atomic E-state index is 12.6. The van der Waals surface area contributed by atoms with Crippen LogP contribution in [0.5, 0.6) is 5.75 Å². The second-order valence-corrected chi connectivity index (χ2v) is 7.12. The van der Waals surface area contributed by atoms with Crippen LogP contribution in [0.4, 0.5) is 5.69 Å². The molecular formula is C22H23N3O4. The molecule has 2 aromatic carbocycles. The van der Waals surface area contributed by atoms with Gasteiger partial charge in [0.25, 0.3) is 11.8 Å². The zero-order valence-electron chi connectivity index (χ0n) is 16.3. The number of fused-ring (bicyclic) bond motifs is 1. The Morgan fingerprint density at radius 2 is 1.48 bits per heavy atom. The van der Waals surface area contributed by atoms with E-state index in [4.69, 9.17) is 4.74 Å². The zero-order valence-corrected chi connectivity index (χ0v) is 16.3. The molecule has 0 aromatic heterocycles. The van der Waals surface area contributed by atoms with Gasteiger partial charge in [-0.05, 0) is 36.4 Å². The topological polar surface area (TPSA) is 70.2 Å². The van der Waals surface area contributed by atoms with E-state index in [0.717, 1.165) is 24.5 Å². The van der Waals surface area contributed by atoms with Crippen molar-refractivity contribution in [3.8, 4) is 5.75 Å². The highest BCUT2D eigenvalue weighted by atomic mass is 16.5. The number of methoxy groups -OCH3 is 1. The van der Waals surface area contributed by atoms with Gasteiger partial charge in [-0.15, -0.1) is 0 Å². The summed E-state index contributed by atoms with van der Waals surface area (Å²) in [5, 5.41) is 0. The van der Waals surface area contributed by atoms with E-state index >= 15 is 0 Å². The van der Waals surface area contributed by atoms with Gasteiger partial charge in [0.15, 0.2) is 0 Å². The van der Waals surface area contributed by atoms with Gasteiger partial charge in [-0.3, -0.25) is 19.3 Å². The predicted molar refractivity (Wildman–Crippen MR) is 108 cm³/mol. The Labute approximate surface area is 169 Å². The number of nitrogens with zero attached hydrogens (tertiary/aromatic N) is 3. The lowest BCUT2D eigenvalue weighted by Crippen LogP contribution is -2.49. The quantitative estimate of drug-likeness (QED) is 0.727. The van der Waals surface area contributed by atoms with Crippen LogP contribution in [-0.2, 0) is 4.79 Å². The molecule has 3 amide bonds. The molecule has 0 unspecified atom stereocenters. The molecular weight excluding hydrogens is 370 g/mol. The van der Waals surface area contributed by atoms with Gasteiger partial charge < -0.3 is 14.5 Å². The molecule has 0 bridgehead atoms. The van der Waals surface area contributed by atoms with E-state index in [1.165, 1.54) is 4.90 Å². The van der Waals surface area contributed by atoms with Crippen LogP contribution in [0.2, 0.25) is 0 Å². The average Bonchev–Trinajstić information content (AvgIpc) is 3.02. The number of hydrogen-bond donors (Lipinski definition) is 0. The summed E-state index contributed by atoms with van der Waals surface area (Å²) in [5.41, 5.74) is 1.93. The molecule has 0 saturated carbocycles. The van der Waals surface area contributed by atoms with Crippen molar-refractivity contribution in [2.45, 2.75) is 6.42 Å². The van der Waals surface area contributed by atoms with Crippen LogP contribution in [0, 0.1) is 0 Å². The number of amides is 3. The molecule has 150 valence electrons. The highest BCUT2D eigenvalue weighted by Gasteiger charge is 2.35. The van der Waals surface area contributed by atoms with E-state index < -0.39 is 0 Å². The Balaban J connectivity index is 1.29. The molecule has 7 heteroatoms. The maximum Gasteiger partial charge on any atom is 0.261 e. The van der Waals surface area contributed by atoms with E-state index in [0.29, 0.717) is 24.2 Å². The van der Waals surface area contributed by atoms with Gasteiger partial charge in [0.05, 0.1) is 18.2 Å². The summed E-state index contributed by atoms with van der Waals surface area (Å²) in [7, 11) is 1.64. The van der Waals surface area contributed by atoms with Gasteiger partial charge in [0, 0.05) is 44.8 Å². The summed E-state index contributed by atoms with van der Waals surface area (Å²) in [6.45, 7) is 2.83. The number of carbonyl (C=O) groups is 3. The third kappa shape index (κ3) is 3.68. The van der Waals surface area contributed by atoms with Crippen molar-refractivity contribution in [2.75, 3.05) is 44.7 Å². The van der Waals surface area contributed by atoms with Gasteiger partial charge in [0.1, 0.15) is 5.75 Å². The lowest BCUT2D eigenvalue weighted by atomic mass is 10.1. The summed E-state index contributed by atoms with van der Waals surface area (Å²) in [6.07, 6.45) is 0.147. The Kier molecular flexibility index (Phi) is 5.20. The highest BCUT2D eigenvalue weighted by Crippen LogP contribution is 2.23. The van der Waals surface area contributed by atoms with E-state index in [9.17, 15) is 14.4 Å². The summed E-state index contributed by atoms with van der Waals surface area (Å²) in [4.78, 5) is 42.6. The van der Waals surface area contributed by atoms with Crippen LogP contribution in [0.25, 0.3) is 0 Å². The largest absolute Gasteiger partial charge is 0.497 e. The molecule has 0 N–H and O–H groups in total. The van der Waals surface area contributed by atoms with Gasteiger partial charge >= 0.3 is 0 Å². The lowest BCUT2D eigenvalue weighted by molar-refractivity contribution is -0.131. The molecule has 2 heterocycles. The molecule has 4 rings (SSSR count). The second-order valence-electron chi connectivity index (χ2n) is 7.12. The van der Waals surface area contributed by atoms with Crippen molar-refractivity contribution in [1.29, 1.82) is 0 Å². The first-order valence-corrected chi connectivity index (χ1v) is 9.70. The molecule has 0 radical (unpaired) electrons. The van der Waals surface area contributed by atoms with Crippen molar-refractivity contribution in [3.05, 3.63) is 59.7 Å². The number of hydrogen-bond acceptors (Lipinski definition) is 5. The maximum absolute atomic E-state index is 12.6. The van der Waals surface area contributed by atoms with Gasteiger partial charge in [-0.1, -0.05) is 12.1 Å². The summed E-state index contributed by atoms with van der Waals surface area (Å²) < 4.78 is 5.19. The summed E-state index contributed by atoms with van der Waals surface area (Å²) in [5.74, 6) is 0.150. The fourth-order valence-electron chi connectivity index (χ4n) is 3.81. The first-order valence-electron chi connectivity index (χ1n) is 9.70. The van der Waals surface area contributed by atoms with Crippen molar-refractivity contribution in [2.24, 2.45) is 0 Å². The number of rotatable bonds is 5. The molecule has 2 aliphatic rings.